The third-order valence-corrected chi connectivity index (χ3v) is 8.16. The van der Waals surface area contributed by atoms with Gasteiger partial charge in [-0.15, -0.1) is 11.3 Å². The Bertz CT molecular complexity index is 1220. The monoisotopic (exact) mass is 450 g/mol. The van der Waals surface area contributed by atoms with Crippen LogP contribution in [0.1, 0.15) is 48.2 Å². The summed E-state index contributed by atoms with van der Waals surface area (Å²) in [5.74, 6) is 0.713. The minimum atomic E-state index is -0.161. The predicted octanol–water partition coefficient (Wildman–Crippen LogP) is 3.34. The van der Waals surface area contributed by atoms with E-state index in [0.717, 1.165) is 37.1 Å². The quantitative estimate of drug-likeness (QED) is 0.645. The molecule has 1 aliphatic carbocycles. The summed E-state index contributed by atoms with van der Waals surface area (Å²) < 4.78 is 8.29. The van der Waals surface area contributed by atoms with Crippen LogP contribution < -0.4 is 15.6 Å². The number of nitrogens with one attached hydrogen (secondary N) is 1. The van der Waals surface area contributed by atoms with E-state index in [9.17, 15) is 9.59 Å². The Hall–Kier alpha value is -2.71. The zero-order valence-corrected chi connectivity index (χ0v) is 18.8. The van der Waals surface area contributed by atoms with Crippen LogP contribution >= 0.6 is 11.3 Å². The van der Waals surface area contributed by atoms with Crippen LogP contribution in [0.2, 0.25) is 0 Å². The number of hydrogen-bond acceptors (Lipinski definition) is 6. The zero-order valence-electron chi connectivity index (χ0n) is 18.0. The average Bonchev–Trinajstić information content (AvgIpc) is 3.45. The van der Waals surface area contributed by atoms with Gasteiger partial charge in [-0.1, -0.05) is 0 Å². The number of ether oxygens (including phenoxy) is 1. The Balaban J connectivity index is 1.20. The van der Waals surface area contributed by atoms with Crippen LogP contribution in [0, 0.1) is 0 Å². The van der Waals surface area contributed by atoms with Crippen molar-refractivity contribution in [1.29, 1.82) is 0 Å². The van der Waals surface area contributed by atoms with Crippen molar-refractivity contribution in [3.8, 4) is 11.4 Å². The SMILES string of the molecule is CN1[C@@H]2CC[C@H]1CC(Oc1ccc(-n3cnc4cc(C(=O)NC5CC5)sc4c3=O)cc1)C2. The highest BCUT2D eigenvalue weighted by molar-refractivity contribution is 7.20. The minimum Gasteiger partial charge on any atom is -0.490 e. The standard InChI is InChI=1S/C24H26N4O3S/c1-27-16-4-5-17(27)11-19(10-16)31-18-8-6-15(7-9-18)28-13-25-20-12-21(32-22(20)24(28)30)23(29)26-14-2-3-14/h6-9,12-14,16-17,19H,2-5,10-11H2,1H3,(H,26,29)/t16-,17+,19?. The van der Waals surface area contributed by atoms with Gasteiger partial charge in [0, 0.05) is 18.1 Å². The molecule has 1 N–H and O–H groups in total. The van der Waals surface area contributed by atoms with E-state index in [2.05, 4.69) is 22.2 Å². The van der Waals surface area contributed by atoms with E-state index in [1.807, 2.05) is 24.3 Å². The molecule has 3 fully saturated rings. The predicted molar refractivity (Wildman–Crippen MR) is 124 cm³/mol. The number of fused-ring (bicyclic) bond motifs is 3. The van der Waals surface area contributed by atoms with E-state index in [-0.39, 0.29) is 23.6 Å². The van der Waals surface area contributed by atoms with E-state index in [1.165, 1.54) is 35.1 Å². The van der Waals surface area contributed by atoms with Crippen molar-refractivity contribution in [3.63, 3.8) is 0 Å². The molecule has 1 aromatic carbocycles. The first-order valence-electron chi connectivity index (χ1n) is 11.4. The fraction of sp³-hybridized carbons (Fsp3) is 0.458. The van der Waals surface area contributed by atoms with Gasteiger partial charge in [0.05, 0.1) is 16.1 Å². The lowest BCUT2D eigenvalue weighted by molar-refractivity contribution is 0.0661. The number of thiophene rings is 1. The molecule has 3 aliphatic rings. The second kappa shape index (κ2) is 7.71. The van der Waals surface area contributed by atoms with Crippen molar-refractivity contribution in [1.82, 2.24) is 19.8 Å². The van der Waals surface area contributed by atoms with Crippen LogP contribution in [0.4, 0.5) is 0 Å². The number of nitrogens with zero attached hydrogens (tertiary/aromatic N) is 3. The molecule has 32 heavy (non-hydrogen) atoms. The van der Waals surface area contributed by atoms with Crippen LogP contribution in [0.15, 0.2) is 41.5 Å². The molecule has 0 spiro atoms. The van der Waals surface area contributed by atoms with Gasteiger partial charge >= 0.3 is 0 Å². The number of amides is 1. The molecule has 1 unspecified atom stereocenters. The minimum absolute atomic E-state index is 0.120. The maximum atomic E-state index is 13.1. The van der Waals surface area contributed by atoms with Crippen molar-refractivity contribution in [2.45, 2.75) is 62.8 Å². The fourth-order valence-electron chi connectivity index (χ4n) is 5.03. The third-order valence-electron chi connectivity index (χ3n) is 7.05. The number of hydrogen-bond donors (Lipinski definition) is 1. The van der Waals surface area contributed by atoms with Gasteiger partial charge in [-0.2, -0.15) is 0 Å². The lowest BCUT2D eigenvalue weighted by Crippen LogP contribution is -2.43. The van der Waals surface area contributed by atoms with Crippen LogP contribution in [-0.2, 0) is 0 Å². The summed E-state index contributed by atoms with van der Waals surface area (Å²) in [6.45, 7) is 0. The molecule has 1 saturated carbocycles. The molecule has 0 radical (unpaired) electrons. The molecule has 166 valence electrons. The summed E-state index contributed by atoms with van der Waals surface area (Å²) in [7, 11) is 2.23. The van der Waals surface area contributed by atoms with Gasteiger partial charge in [-0.05, 0) is 75.9 Å². The Labute approximate surface area is 190 Å². The molecule has 2 aromatic heterocycles. The van der Waals surface area contributed by atoms with Crippen molar-refractivity contribution >= 4 is 27.5 Å². The smallest absolute Gasteiger partial charge is 0.275 e. The summed E-state index contributed by atoms with van der Waals surface area (Å²) >= 11 is 1.21. The number of benzene rings is 1. The Morgan fingerprint density at radius 1 is 1.12 bits per heavy atom. The second-order valence-electron chi connectivity index (χ2n) is 9.25. The number of rotatable bonds is 5. The first kappa shape index (κ1) is 19.9. The first-order valence-corrected chi connectivity index (χ1v) is 12.2. The molecule has 3 aromatic rings. The number of piperidine rings is 1. The highest BCUT2D eigenvalue weighted by Crippen LogP contribution is 2.36. The summed E-state index contributed by atoms with van der Waals surface area (Å²) in [5.41, 5.74) is 1.14. The third kappa shape index (κ3) is 3.61. The molecule has 4 heterocycles. The Morgan fingerprint density at radius 3 is 2.53 bits per heavy atom. The van der Waals surface area contributed by atoms with E-state index < -0.39 is 0 Å². The first-order chi connectivity index (χ1) is 15.5. The highest BCUT2D eigenvalue weighted by Gasteiger charge is 2.39. The Kier molecular flexibility index (Phi) is 4.80. The molecule has 1 amide bonds. The van der Waals surface area contributed by atoms with Gasteiger partial charge in [-0.25, -0.2) is 4.98 Å². The van der Waals surface area contributed by atoms with Crippen LogP contribution in [-0.4, -0.2) is 51.6 Å². The number of aromatic nitrogens is 2. The number of carbonyl (C=O) groups excluding carboxylic acids is 1. The van der Waals surface area contributed by atoms with E-state index in [0.29, 0.717) is 27.2 Å². The van der Waals surface area contributed by atoms with Gasteiger partial charge in [0.1, 0.15) is 22.9 Å². The highest BCUT2D eigenvalue weighted by atomic mass is 32.1. The van der Waals surface area contributed by atoms with Gasteiger partial charge < -0.3 is 15.0 Å². The molecule has 8 heteroatoms. The normalized spacial score (nSPS) is 25.2. The summed E-state index contributed by atoms with van der Waals surface area (Å²) in [6.07, 6.45) is 8.52. The Morgan fingerprint density at radius 2 is 1.84 bits per heavy atom. The molecule has 2 saturated heterocycles. The van der Waals surface area contributed by atoms with E-state index in [1.54, 1.807) is 6.07 Å². The maximum absolute atomic E-state index is 13.1. The molecular weight excluding hydrogens is 424 g/mol. The summed E-state index contributed by atoms with van der Waals surface area (Å²) in [4.78, 5) is 32.9. The lowest BCUT2D eigenvalue weighted by Gasteiger charge is -2.36. The van der Waals surface area contributed by atoms with Crippen LogP contribution in [0.5, 0.6) is 5.75 Å². The molecule has 7 nitrogen and oxygen atoms in total. The molecule has 3 atom stereocenters. The summed E-state index contributed by atoms with van der Waals surface area (Å²) in [5, 5.41) is 2.97. The van der Waals surface area contributed by atoms with Crippen LogP contribution in [0.25, 0.3) is 15.9 Å². The maximum Gasteiger partial charge on any atom is 0.275 e. The number of carbonyl (C=O) groups is 1. The average molecular weight is 451 g/mol. The molecule has 2 aliphatic heterocycles. The van der Waals surface area contributed by atoms with E-state index in [4.69, 9.17) is 4.74 Å². The molecular formula is C24H26N4O3S. The van der Waals surface area contributed by atoms with Crippen molar-refractivity contribution in [2.24, 2.45) is 0 Å². The van der Waals surface area contributed by atoms with Crippen molar-refractivity contribution in [3.05, 3.63) is 51.9 Å². The van der Waals surface area contributed by atoms with Gasteiger partial charge in [0.15, 0.2) is 0 Å². The summed E-state index contributed by atoms with van der Waals surface area (Å²) in [6, 6.07) is 10.9. The van der Waals surface area contributed by atoms with Gasteiger partial charge in [0.2, 0.25) is 0 Å². The van der Waals surface area contributed by atoms with Crippen molar-refractivity contribution in [2.75, 3.05) is 7.05 Å². The fourth-order valence-corrected chi connectivity index (χ4v) is 5.97. The largest absolute Gasteiger partial charge is 0.490 e. The van der Waals surface area contributed by atoms with Gasteiger partial charge in [0.25, 0.3) is 11.5 Å². The second-order valence-corrected chi connectivity index (χ2v) is 10.3. The topological polar surface area (TPSA) is 76.5 Å². The van der Waals surface area contributed by atoms with E-state index >= 15 is 0 Å². The zero-order chi connectivity index (χ0) is 21.8. The van der Waals surface area contributed by atoms with Gasteiger partial charge in [-0.3, -0.25) is 14.2 Å². The molecule has 2 bridgehead atoms. The lowest BCUT2D eigenvalue weighted by atomic mass is 10.0. The van der Waals surface area contributed by atoms with Crippen molar-refractivity contribution < 1.29 is 9.53 Å². The van der Waals surface area contributed by atoms with Crippen LogP contribution in [0.3, 0.4) is 0 Å². The molecule has 6 rings (SSSR count).